The molecular weight excluding hydrogens is 442 g/mol. The highest BCUT2D eigenvalue weighted by Gasteiger charge is 2.30. The van der Waals surface area contributed by atoms with Crippen LogP contribution < -0.4 is 10.1 Å². The third-order valence-corrected chi connectivity index (χ3v) is 8.14. The summed E-state index contributed by atoms with van der Waals surface area (Å²) >= 11 is 0. The average Bonchev–Trinajstić information content (AvgIpc) is 2.82. The molecule has 3 rings (SSSR count). The zero-order valence-corrected chi connectivity index (χ0v) is 20.7. The Bertz CT molecular complexity index is 1080. The Kier molecular flexibility index (Phi) is 7.99. The van der Waals surface area contributed by atoms with Crippen LogP contribution in [0.3, 0.4) is 0 Å². The molecule has 0 bridgehead atoms. The second-order valence-electron chi connectivity index (χ2n) is 7.99. The maximum Gasteiger partial charge on any atom is 0.322 e. The summed E-state index contributed by atoms with van der Waals surface area (Å²) in [4.78, 5) is 15.2. The van der Waals surface area contributed by atoms with Gasteiger partial charge in [0.05, 0.1) is 31.3 Å². The van der Waals surface area contributed by atoms with Gasteiger partial charge in [-0.1, -0.05) is 26.0 Å². The van der Waals surface area contributed by atoms with Crippen LogP contribution in [0.2, 0.25) is 0 Å². The number of sulfonamides is 1. The smallest absolute Gasteiger partial charge is 0.322 e. The second-order valence-corrected chi connectivity index (χ2v) is 9.93. The minimum absolute atomic E-state index is 0.179. The first-order valence-electron chi connectivity index (χ1n) is 11.1. The predicted octanol–water partition coefficient (Wildman–Crippen LogP) is 3.95. The Morgan fingerprint density at radius 3 is 2.45 bits per heavy atom. The summed E-state index contributed by atoms with van der Waals surface area (Å²) in [6, 6.07) is 10.2. The molecule has 2 aromatic rings. The number of urea groups is 1. The van der Waals surface area contributed by atoms with Gasteiger partial charge in [0.15, 0.2) is 0 Å². The molecular formula is C24H33N3O5S. The summed E-state index contributed by atoms with van der Waals surface area (Å²) in [6.45, 7) is 9.35. The number of anilines is 1. The van der Waals surface area contributed by atoms with Crippen molar-refractivity contribution in [1.29, 1.82) is 0 Å². The summed E-state index contributed by atoms with van der Waals surface area (Å²) in [5.74, 6) is 0.740. The molecule has 1 heterocycles. The molecule has 2 amide bonds. The third-order valence-electron chi connectivity index (χ3n) is 6.12. The highest BCUT2D eigenvalue weighted by molar-refractivity contribution is 7.89. The molecule has 180 valence electrons. The van der Waals surface area contributed by atoms with Crippen molar-refractivity contribution in [3.63, 3.8) is 0 Å². The lowest BCUT2D eigenvalue weighted by atomic mass is 10.0. The normalized spacial score (nSPS) is 16.7. The zero-order valence-electron chi connectivity index (χ0n) is 19.9. The Hall–Kier alpha value is -2.62. The standard InChI is InChI=1S/C24H33N3O5S/c1-6-26(7-2)33(29,30)21-14-17(3)18(4)22(15-21)25-24(28)27-12-13-32-16-23(27)19-8-10-20(31-5)11-9-19/h8-11,14-15,23H,6-7,12-13,16H2,1-5H3,(H,25,28). The highest BCUT2D eigenvalue weighted by Crippen LogP contribution is 2.29. The topological polar surface area (TPSA) is 88.2 Å². The van der Waals surface area contributed by atoms with Crippen molar-refractivity contribution in [3.8, 4) is 5.75 Å². The first kappa shape index (κ1) is 25.0. The van der Waals surface area contributed by atoms with Gasteiger partial charge in [0, 0.05) is 25.3 Å². The van der Waals surface area contributed by atoms with Gasteiger partial charge < -0.3 is 19.7 Å². The maximum atomic E-state index is 13.3. The fourth-order valence-electron chi connectivity index (χ4n) is 3.95. The quantitative estimate of drug-likeness (QED) is 0.655. The fourth-order valence-corrected chi connectivity index (χ4v) is 5.52. The van der Waals surface area contributed by atoms with Gasteiger partial charge in [-0.3, -0.25) is 0 Å². The molecule has 2 aromatic carbocycles. The maximum absolute atomic E-state index is 13.3. The Balaban J connectivity index is 1.89. The molecule has 0 aromatic heterocycles. The summed E-state index contributed by atoms with van der Waals surface area (Å²) in [5, 5.41) is 2.95. The number of aryl methyl sites for hydroxylation is 1. The number of hydrogen-bond donors (Lipinski definition) is 1. The van der Waals surface area contributed by atoms with E-state index in [1.54, 1.807) is 24.1 Å². The van der Waals surface area contributed by atoms with Crippen LogP contribution in [0.15, 0.2) is 41.3 Å². The van der Waals surface area contributed by atoms with Crippen LogP contribution in [0.1, 0.15) is 36.6 Å². The van der Waals surface area contributed by atoms with Crippen molar-refractivity contribution in [3.05, 3.63) is 53.1 Å². The van der Waals surface area contributed by atoms with E-state index in [9.17, 15) is 13.2 Å². The Morgan fingerprint density at radius 2 is 1.85 bits per heavy atom. The molecule has 1 fully saturated rings. The number of carbonyl (C=O) groups excluding carboxylic acids is 1. The van der Waals surface area contributed by atoms with Gasteiger partial charge in [-0.25, -0.2) is 13.2 Å². The van der Waals surface area contributed by atoms with Gasteiger partial charge in [-0.15, -0.1) is 0 Å². The van der Waals surface area contributed by atoms with E-state index in [1.807, 2.05) is 52.0 Å². The monoisotopic (exact) mass is 475 g/mol. The summed E-state index contributed by atoms with van der Waals surface area (Å²) in [7, 11) is -2.04. The van der Waals surface area contributed by atoms with Crippen molar-refractivity contribution < 1.29 is 22.7 Å². The second kappa shape index (κ2) is 10.5. The number of rotatable bonds is 7. The van der Waals surface area contributed by atoms with Crippen LogP contribution in [0.4, 0.5) is 10.5 Å². The van der Waals surface area contributed by atoms with Crippen molar-refractivity contribution in [1.82, 2.24) is 9.21 Å². The van der Waals surface area contributed by atoms with Gasteiger partial charge in [0.2, 0.25) is 10.0 Å². The lowest BCUT2D eigenvalue weighted by Crippen LogP contribution is -2.45. The number of carbonyl (C=O) groups is 1. The number of ether oxygens (including phenoxy) is 2. The van der Waals surface area contributed by atoms with Gasteiger partial charge in [-0.05, 0) is 54.8 Å². The molecule has 1 aliphatic heterocycles. The number of morpholine rings is 1. The largest absolute Gasteiger partial charge is 0.497 e. The molecule has 9 heteroatoms. The SMILES string of the molecule is CCN(CC)S(=O)(=O)c1cc(C)c(C)c(NC(=O)N2CCOCC2c2ccc(OC)cc2)c1. The number of nitrogens with one attached hydrogen (secondary N) is 1. The summed E-state index contributed by atoms with van der Waals surface area (Å²) in [6.07, 6.45) is 0. The van der Waals surface area contributed by atoms with Gasteiger partial charge >= 0.3 is 6.03 Å². The van der Waals surface area contributed by atoms with Crippen LogP contribution in [0, 0.1) is 13.8 Å². The van der Waals surface area contributed by atoms with Gasteiger partial charge in [0.25, 0.3) is 0 Å². The van der Waals surface area contributed by atoms with Crippen LogP contribution in [0.25, 0.3) is 0 Å². The van der Waals surface area contributed by atoms with Crippen LogP contribution in [0.5, 0.6) is 5.75 Å². The van der Waals surface area contributed by atoms with E-state index < -0.39 is 10.0 Å². The van der Waals surface area contributed by atoms with Gasteiger partial charge in [-0.2, -0.15) is 4.31 Å². The van der Waals surface area contributed by atoms with E-state index in [2.05, 4.69) is 5.32 Å². The molecule has 1 unspecified atom stereocenters. The van der Waals surface area contributed by atoms with E-state index in [0.29, 0.717) is 38.5 Å². The van der Waals surface area contributed by atoms with Crippen molar-refractivity contribution in [2.75, 3.05) is 45.3 Å². The van der Waals surface area contributed by atoms with Crippen LogP contribution >= 0.6 is 0 Å². The first-order chi connectivity index (χ1) is 15.7. The minimum Gasteiger partial charge on any atom is -0.497 e. The van der Waals surface area contributed by atoms with Crippen molar-refractivity contribution in [2.24, 2.45) is 0 Å². The lowest BCUT2D eigenvalue weighted by molar-refractivity contribution is 0.0147. The summed E-state index contributed by atoms with van der Waals surface area (Å²) < 4.78 is 38.4. The number of hydrogen-bond acceptors (Lipinski definition) is 5. The van der Waals surface area contributed by atoms with E-state index in [0.717, 1.165) is 22.4 Å². The number of benzene rings is 2. The molecule has 0 saturated carbocycles. The predicted molar refractivity (Wildman–Crippen MR) is 128 cm³/mol. The molecule has 1 saturated heterocycles. The molecule has 0 radical (unpaired) electrons. The molecule has 33 heavy (non-hydrogen) atoms. The number of nitrogens with zero attached hydrogens (tertiary/aromatic N) is 2. The highest BCUT2D eigenvalue weighted by atomic mass is 32.2. The Labute approximate surface area is 196 Å². The fraction of sp³-hybridized carbons (Fsp3) is 0.458. The first-order valence-corrected chi connectivity index (χ1v) is 12.6. The number of amides is 2. The van der Waals surface area contributed by atoms with Crippen LogP contribution in [-0.2, 0) is 14.8 Å². The van der Waals surface area contributed by atoms with Gasteiger partial charge in [0.1, 0.15) is 5.75 Å². The molecule has 1 aliphatic rings. The average molecular weight is 476 g/mol. The van der Waals surface area contributed by atoms with Crippen LogP contribution in [-0.4, -0.2) is 63.6 Å². The van der Waals surface area contributed by atoms with Crippen molar-refractivity contribution >= 4 is 21.7 Å². The van der Waals surface area contributed by atoms with E-state index in [-0.39, 0.29) is 17.0 Å². The Morgan fingerprint density at radius 1 is 1.18 bits per heavy atom. The molecule has 0 spiro atoms. The van der Waals surface area contributed by atoms with E-state index in [4.69, 9.17) is 9.47 Å². The van der Waals surface area contributed by atoms with Crippen molar-refractivity contribution in [2.45, 2.75) is 38.6 Å². The number of methoxy groups -OCH3 is 1. The lowest BCUT2D eigenvalue weighted by Gasteiger charge is -2.36. The molecule has 1 N–H and O–H groups in total. The van der Waals surface area contributed by atoms with E-state index >= 15 is 0 Å². The van der Waals surface area contributed by atoms with E-state index in [1.165, 1.54) is 4.31 Å². The zero-order chi connectivity index (χ0) is 24.2. The molecule has 1 atom stereocenters. The molecule has 0 aliphatic carbocycles. The molecule has 8 nitrogen and oxygen atoms in total. The third kappa shape index (κ3) is 5.31. The summed E-state index contributed by atoms with van der Waals surface area (Å²) in [5.41, 5.74) is 3.06. The minimum atomic E-state index is -3.65.